The Labute approximate surface area is 310 Å². The minimum Gasteiger partial charge on any atom is -0.462 e. The first-order valence-corrected chi connectivity index (χ1v) is 21.9. The Kier molecular flexibility index (Phi) is 37.7. The lowest BCUT2D eigenvalue weighted by Crippen LogP contribution is -2.46. The number of esters is 1. The van der Waals surface area contributed by atoms with Crippen LogP contribution in [0, 0.1) is 0 Å². The topological polar surface area (TPSA) is 95.9 Å². The van der Waals surface area contributed by atoms with Crippen molar-refractivity contribution in [2.75, 3.05) is 6.61 Å². The minimum absolute atomic E-state index is 0.0720. The van der Waals surface area contributed by atoms with Crippen molar-refractivity contribution < 1.29 is 24.5 Å². The molecule has 0 aliphatic heterocycles. The molecule has 0 rings (SSSR count). The van der Waals surface area contributed by atoms with Crippen LogP contribution in [0.2, 0.25) is 0 Å². The van der Waals surface area contributed by atoms with Crippen LogP contribution in [0.3, 0.4) is 0 Å². The zero-order valence-electron chi connectivity index (χ0n) is 33.5. The molecule has 0 aromatic heterocycles. The molecule has 1 amide bonds. The highest BCUT2D eigenvalue weighted by Crippen LogP contribution is 2.17. The van der Waals surface area contributed by atoms with Crippen LogP contribution in [0.1, 0.15) is 233 Å². The van der Waals surface area contributed by atoms with E-state index in [1.807, 2.05) is 0 Å². The van der Waals surface area contributed by atoms with Crippen LogP contribution in [-0.2, 0) is 14.3 Å². The molecule has 0 radical (unpaired) electrons. The van der Waals surface area contributed by atoms with E-state index in [-0.39, 0.29) is 24.9 Å². The van der Waals surface area contributed by atoms with E-state index in [1.54, 1.807) is 0 Å². The lowest BCUT2D eigenvalue weighted by Gasteiger charge is -2.24. The molecule has 0 aromatic carbocycles. The molecule has 0 fully saturated rings. The smallest absolute Gasteiger partial charge is 0.306 e. The second kappa shape index (κ2) is 38.8. The maximum absolute atomic E-state index is 13.1. The molecule has 3 atom stereocenters. The normalized spacial score (nSPS) is 13.5. The van der Waals surface area contributed by atoms with Crippen molar-refractivity contribution in [1.82, 2.24) is 5.32 Å². The summed E-state index contributed by atoms with van der Waals surface area (Å²) in [5.41, 5.74) is 0. The molecule has 0 saturated heterocycles. The van der Waals surface area contributed by atoms with Crippen LogP contribution in [0.5, 0.6) is 0 Å². The van der Waals surface area contributed by atoms with Crippen LogP contribution >= 0.6 is 0 Å². The van der Waals surface area contributed by atoms with E-state index in [0.29, 0.717) is 19.3 Å². The lowest BCUT2D eigenvalue weighted by molar-refractivity contribution is -0.151. The quantitative estimate of drug-likeness (QED) is 0.0336. The van der Waals surface area contributed by atoms with E-state index in [0.717, 1.165) is 70.6 Å². The van der Waals surface area contributed by atoms with Gasteiger partial charge in [-0.15, -0.1) is 0 Å². The van der Waals surface area contributed by atoms with Gasteiger partial charge >= 0.3 is 5.97 Å². The SMILES string of the molecule is CCCC/C=C\CCCCCC(CC(=O)NC(CO)C(O)CCCCCCCCCCCC)OC(=O)CCCCCCCCCCCCCC. The summed E-state index contributed by atoms with van der Waals surface area (Å²) >= 11 is 0. The summed E-state index contributed by atoms with van der Waals surface area (Å²) in [6, 6.07) is -0.696. The number of rotatable bonds is 39. The second-order valence-electron chi connectivity index (χ2n) is 15.1. The molecule has 0 bridgehead atoms. The van der Waals surface area contributed by atoms with Crippen molar-refractivity contribution >= 4 is 11.9 Å². The Morgan fingerprint density at radius 2 is 0.980 bits per heavy atom. The molecule has 3 N–H and O–H groups in total. The van der Waals surface area contributed by atoms with Gasteiger partial charge in [0.25, 0.3) is 0 Å². The second-order valence-corrected chi connectivity index (χ2v) is 15.1. The number of carbonyl (C=O) groups excluding carboxylic acids is 2. The Morgan fingerprint density at radius 1 is 0.560 bits per heavy atom. The maximum Gasteiger partial charge on any atom is 0.306 e. The third-order valence-corrected chi connectivity index (χ3v) is 10.1. The molecule has 6 nitrogen and oxygen atoms in total. The Hall–Kier alpha value is -1.40. The van der Waals surface area contributed by atoms with Crippen LogP contribution in [-0.4, -0.2) is 46.9 Å². The molecule has 3 unspecified atom stereocenters. The molecule has 0 spiro atoms. The number of aliphatic hydroxyl groups excluding tert-OH is 2. The fourth-order valence-electron chi connectivity index (χ4n) is 6.70. The number of hydrogen-bond donors (Lipinski definition) is 3. The van der Waals surface area contributed by atoms with Crippen LogP contribution in [0.15, 0.2) is 12.2 Å². The van der Waals surface area contributed by atoms with Gasteiger partial charge in [-0.05, 0) is 44.9 Å². The van der Waals surface area contributed by atoms with Gasteiger partial charge < -0.3 is 20.3 Å². The Balaban J connectivity index is 4.54. The van der Waals surface area contributed by atoms with Crippen molar-refractivity contribution in [2.45, 2.75) is 251 Å². The summed E-state index contributed by atoms with van der Waals surface area (Å²) in [5, 5.41) is 23.5. The van der Waals surface area contributed by atoms with E-state index < -0.39 is 18.2 Å². The van der Waals surface area contributed by atoms with E-state index >= 15 is 0 Å². The molecule has 0 heterocycles. The third kappa shape index (κ3) is 33.7. The molecule has 0 saturated carbocycles. The first-order valence-electron chi connectivity index (χ1n) is 21.9. The number of ether oxygens (including phenoxy) is 1. The average molecular weight is 708 g/mol. The van der Waals surface area contributed by atoms with Crippen molar-refractivity contribution in [3.8, 4) is 0 Å². The average Bonchev–Trinajstić information content (AvgIpc) is 3.10. The minimum atomic E-state index is -0.782. The molecule has 0 aliphatic carbocycles. The summed E-state index contributed by atoms with van der Waals surface area (Å²) in [5.74, 6) is -0.485. The zero-order valence-corrected chi connectivity index (χ0v) is 33.5. The highest BCUT2D eigenvalue weighted by atomic mass is 16.5. The highest BCUT2D eigenvalue weighted by Gasteiger charge is 2.24. The van der Waals surface area contributed by atoms with Gasteiger partial charge in [0.1, 0.15) is 6.10 Å². The van der Waals surface area contributed by atoms with E-state index in [4.69, 9.17) is 4.74 Å². The monoisotopic (exact) mass is 708 g/mol. The first kappa shape index (κ1) is 48.6. The molecular formula is C44H85NO5. The number of allylic oxidation sites excluding steroid dienone is 2. The van der Waals surface area contributed by atoms with Gasteiger partial charge in [-0.2, -0.15) is 0 Å². The van der Waals surface area contributed by atoms with E-state index in [1.165, 1.54) is 116 Å². The van der Waals surface area contributed by atoms with Crippen LogP contribution in [0.25, 0.3) is 0 Å². The largest absolute Gasteiger partial charge is 0.462 e. The summed E-state index contributed by atoms with van der Waals surface area (Å²) in [6.45, 7) is 6.41. The first-order chi connectivity index (χ1) is 24.5. The molecule has 0 aromatic rings. The van der Waals surface area contributed by atoms with Gasteiger partial charge in [-0.25, -0.2) is 0 Å². The number of nitrogens with one attached hydrogen (secondary N) is 1. The van der Waals surface area contributed by atoms with Gasteiger partial charge in [-0.3, -0.25) is 9.59 Å². The molecule has 296 valence electrons. The fraction of sp³-hybridized carbons (Fsp3) is 0.909. The summed E-state index contributed by atoms with van der Waals surface area (Å²) in [7, 11) is 0. The fourth-order valence-corrected chi connectivity index (χ4v) is 6.70. The number of amides is 1. The van der Waals surface area contributed by atoms with Crippen molar-refractivity contribution in [2.24, 2.45) is 0 Å². The maximum atomic E-state index is 13.1. The van der Waals surface area contributed by atoms with Crippen molar-refractivity contribution in [3.05, 3.63) is 12.2 Å². The number of unbranched alkanes of at least 4 members (excludes halogenated alkanes) is 25. The van der Waals surface area contributed by atoms with Gasteiger partial charge in [0.15, 0.2) is 0 Å². The van der Waals surface area contributed by atoms with Crippen LogP contribution < -0.4 is 5.32 Å². The third-order valence-electron chi connectivity index (χ3n) is 10.1. The van der Waals surface area contributed by atoms with Gasteiger partial charge in [0.2, 0.25) is 5.91 Å². The molecule has 50 heavy (non-hydrogen) atoms. The Morgan fingerprint density at radius 3 is 1.48 bits per heavy atom. The van der Waals surface area contributed by atoms with Gasteiger partial charge in [0, 0.05) is 6.42 Å². The lowest BCUT2D eigenvalue weighted by atomic mass is 10.0. The number of carbonyl (C=O) groups is 2. The van der Waals surface area contributed by atoms with Crippen molar-refractivity contribution in [1.29, 1.82) is 0 Å². The summed E-state index contributed by atoms with van der Waals surface area (Å²) in [6.07, 6.45) is 39.9. The van der Waals surface area contributed by atoms with Gasteiger partial charge in [0.05, 0.1) is 25.2 Å². The highest BCUT2D eigenvalue weighted by molar-refractivity contribution is 5.77. The predicted molar refractivity (Wildman–Crippen MR) is 213 cm³/mol. The summed E-state index contributed by atoms with van der Waals surface area (Å²) < 4.78 is 5.87. The number of aliphatic hydroxyl groups is 2. The molecule has 6 heteroatoms. The summed E-state index contributed by atoms with van der Waals surface area (Å²) in [4.78, 5) is 25.8. The van der Waals surface area contributed by atoms with Gasteiger partial charge in [-0.1, -0.05) is 187 Å². The number of hydrogen-bond acceptors (Lipinski definition) is 5. The predicted octanol–water partition coefficient (Wildman–Crippen LogP) is 12.2. The molecular weight excluding hydrogens is 622 g/mol. The van der Waals surface area contributed by atoms with E-state index in [9.17, 15) is 19.8 Å². The van der Waals surface area contributed by atoms with E-state index in [2.05, 4.69) is 38.2 Å². The van der Waals surface area contributed by atoms with Crippen LogP contribution in [0.4, 0.5) is 0 Å². The Bertz CT molecular complexity index is 757. The standard InChI is InChI=1S/C44H85NO5/c1-4-7-10-13-16-19-21-22-25-28-31-34-37-44(49)50-40(35-32-29-26-23-18-15-12-9-6-3)38-43(48)45-41(39-46)42(47)36-33-30-27-24-20-17-14-11-8-5-2/h15,18,40-42,46-47H,4-14,16-17,19-39H2,1-3H3,(H,45,48)/b18-15-. The van der Waals surface area contributed by atoms with Crippen molar-refractivity contribution in [3.63, 3.8) is 0 Å². The zero-order chi connectivity index (χ0) is 36.8. The molecule has 0 aliphatic rings.